The predicted molar refractivity (Wildman–Crippen MR) is 118 cm³/mol. The zero-order valence-corrected chi connectivity index (χ0v) is 18.5. The van der Waals surface area contributed by atoms with E-state index in [1.165, 1.54) is 17.3 Å². The molecule has 152 valence electrons. The number of amides is 1. The lowest BCUT2D eigenvalue weighted by Crippen LogP contribution is -2.15. The Labute approximate surface area is 180 Å². The second kappa shape index (κ2) is 8.97. The first-order valence-electron chi connectivity index (χ1n) is 9.37. The Morgan fingerprint density at radius 1 is 1.17 bits per heavy atom. The first kappa shape index (κ1) is 21.3. The maximum atomic E-state index is 12.3. The zero-order valence-electron chi connectivity index (χ0n) is 16.9. The van der Waals surface area contributed by atoms with Crippen LogP contribution in [0.15, 0.2) is 47.8 Å². The van der Waals surface area contributed by atoms with Gasteiger partial charge >= 0.3 is 0 Å². The summed E-state index contributed by atoms with van der Waals surface area (Å²) in [4.78, 5) is 16.2. The van der Waals surface area contributed by atoms with Crippen LogP contribution in [0.25, 0.3) is 11.4 Å². The van der Waals surface area contributed by atoms with Crippen molar-refractivity contribution >= 4 is 35.0 Å². The topological polar surface area (TPSA) is 72.7 Å². The number of pyridine rings is 1. The molecule has 3 rings (SSSR count). The Hall–Kier alpha value is -2.38. The summed E-state index contributed by atoms with van der Waals surface area (Å²) in [5.41, 5.74) is 2.87. The van der Waals surface area contributed by atoms with Gasteiger partial charge in [0.05, 0.1) is 11.4 Å². The Morgan fingerprint density at radius 2 is 1.90 bits per heavy atom. The molecule has 0 aliphatic heterocycles. The maximum Gasteiger partial charge on any atom is 0.234 e. The average molecular weight is 430 g/mol. The van der Waals surface area contributed by atoms with Gasteiger partial charge in [-0.15, -0.1) is 10.2 Å². The average Bonchev–Trinajstić information content (AvgIpc) is 3.10. The van der Waals surface area contributed by atoms with Crippen LogP contribution in [0, 0.1) is 0 Å². The number of benzene rings is 1. The van der Waals surface area contributed by atoms with Crippen molar-refractivity contribution in [3.8, 4) is 11.4 Å². The van der Waals surface area contributed by atoms with E-state index in [1.54, 1.807) is 18.3 Å². The quantitative estimate of drug-likeness (QED) is 0.439. The van der Waals surface area contributed by atoms with Crippen LogP contribution in [-0.4, -0.2) is 31.4 Å². The van der Waals surface area contributed by atoms with Crippen LogP contribution in [0.3, 0.4) is 0 Å². The van der Waals surface area contributed by atoms with Crippen molar-refractivity contribution in [2.45, 2.75) is 44.8 Å². The van der Waals surface area contributed by atoms with Crippen LogP contribution in [0.2, 0.25) is 5.15 Å². The largest absolute Gasteiger partial charge is 0.323 e. The molecule has 3 aromatic rings. The van der Waals surface area contributed by atoms with Gasteiger partial charge in [-0.25, -0.2) is 4.98 Å². The number of nitrogens with zero attached hydrogens (tertiary/aromatic N) is 4. The molecule has 0 saturated heterocycles. The van der Waals surface area contributed by atoms with Crippen molar-refractivity contribution in [1.82, 2.24) is 19.7 Å². The van der Waals surface area contributed by atoms with E-state index >= 15 is 0 Å². The molecule has 0 atom stereocenters. The number of rotatable bonds is 6. The van der Waals surface area contributed by atoms with E-state index < -0.39 is 0 Å². The Kier molecular flexibility index (Phi) is 6.59. The maximum absolute atomic E-state index is 12.3. The van der Waals surface area contributed by atoms with Crippen molar-refractivity contribution in [2.75, 3.05) is 11.1 Å². The normalized spacial score (nSPS) is 11.5. The van der Waals surface area contributed by atoms with Crippen LogP contribution < -0.4 is 5.32 Å². The zero-order chi connectivity index (χ0) is 21.0. The van der Waals surface area contributed by atoms with Crippen molar-refractivity contribution in [2.24, 2.45) is 0 Å². The molecular formula is C21H24ClN5OS. The third-order valence-electron chi connectivity index (χ3n) is 4.41. The summed E-state index contributed by atoms with van der Waals surface area (Å²) in [5.74, 6) is 0.824. The number of nitrogens with one attached hydrogen (secondary N) is 1. The Morgan fingerprint density at radius 3 is 2.52 bits per heavy atom. The number of carbonyl (C=O) groups is 1. The highest BCUT2D eigenvalue weighted by atomic mass is 35.5. The molecule has 0 aliphatic rings. The highest BCUT2D eigenvalue weighted by molar-refractivity contribution is 7.99. The summed E-state index contributed by atoms with van der Waals surface area (Å²) in [6.07, 6.45) is 1.58. The minimum Gasteiger partial charge on any atom is -0.323 e. The van der Waals surface area contributed by atoms with Gasteiger partial charge in [0.1, 0.15) is 0 Å². The first-order valence-corrected chi connectivity index (χ1v) is 10.7. The summed E-state index contributed by atoms with van der Waals surface area (Å²) < 4.78 is 2.01. The van der Waals surface area contributed by atoms with Gasteiger partial charge in [-0.2, -0.15) is 0 Å². The van der Waals surface area contributed by atoms with Gasteiger partial charge in [0.15, 0.2) is 16.1 Å². The molecule has 0 fully saturated rings. The summed E-state index contributed by atoms with van der Waals surface area (Å²) in [7, 11) is 0. The molecular weight excluding hydrogens is 406 g/mol. The lowest BCUT2D eigenvalue weighted by atomic mass is 9.87. The molecule has 2 heterocycles. The van der Waals surface area contributed by atoms with Crippen LogP contribution in [0.4, 0.5) is 5.69 Å². The fourth-order valence-corrected chi connectivity index (χ4v) is 3.78. The van der Waals surface area contributed by atoms with E-state index in [9.17, 15) is 4.79 Å². The molecule has 29 heavy (non-hydrogen) atoms. The number of aromatic nitrogens is 4. The molecule has 0 radical (unpaired) electrons. The van der Waals surface area contributed by atoms with Crippen molar-refractivity contribution in [1.29, 1.82) is 0 Å². The van der Waals surface area contributed by atoms with Gasteiger partial charge in [0.25, 0.3) is 0 Å². The minimum absolute atomic E-state index is 0.0997. The van der Waals surface area contributed by atoms with E-state index in [0.717, 1.165) is 11.4 Å². The second-order valence-electron chi connectivity index (χ2n) is 7.56. The third kappa shape index (κ3) is 5.16. The smallest absolute Gasteiger partial charge is 0.234 e. The summed E-state index contributed by atoms with van der Waals surface area (Å²) >= 11 is 7.33. The fourth-order valence-electron chi connectivity index (χ4n) is 2.81. The van der Waals surface area contributed by atoms with Crippen LogP contribution in [0.1, 0.15) is 33.3 Å². The number of thioether (sulfide) groups is 1. The van der Waals surface area contributed by atoms with Crippen molar-refractivity contribution in [3.63, 3.8) is 0 Å². The van der Waals surface area contributed by atoms with E-state index in [4.69, 9.17) is 11.6 Å². The predicted octanol–water partition coefficient (Wildman–Crippen LogP) is 5.04. The molecule has 0 bridgehead atoms. The number of hydrogen-bond donors (Lipinski definition) is 1. The monoisotopic (exact) mass is 429 g/mol. The molecule has 6 nitrogen and oxygen atoms in total. The third-order valence-corrected chi connectivity index (χ3v) is 5.68. The van der Waals surface area contributed by atoms with E-state index in [2.05, 4.69) is 65.5 Å². The standard InChI is InChI=1S/C21H24ClN5OS/c1-5-27-19(14-8-10-15(11-9-14)21(2,3)4)25-26-20(27)29-13-17(28)24-16-7-6-12-23-18(16)22/h6-12H,5,13H2,1-4H3,(H,24,28). The molecule has 1 aromatic carbocycles. The van der Waals surface area contributed by atoms with Gasteiger partial charge < -0.3 is 9.88 Å². The van der Waals surface area contributed by atoms with Gasteiger partial charge in [-0.05, 0) is 30.0 Å². The van der Waals surface area contributed by atoms with Gasteiger partial charge in [-0.3, -0.25) is 4.79 Å². The van der Waals surface area contributed by atoms with Crippen LogP contribution in [-0.2, 0) is 16.8 Å². The highest BCUT2D eigenvalue weighted by Crippen LogP contribution is 2.28. The van der Waals surface area contributed by atoms with Gasteiger partial charge in [0, 0.05) is 18.3 Å². The number of anilines is 1. The summed E-state index contributed by atoms with van der Waals surface area (Å²) in [6, 6.07) is 11.8. The molecule has 8 heteroatoms. The summed E-state index contributed by atoms with van der Waals surface area (Å²) in [6.45, 7) is 9.32. The highest BCUT2D eigenvalue weighted by Gasteiger charge is 2.17. The fraction of sp³-hybridized carbons (Fsp3) is 0.333. The van der Waals surface area contributed by atoms with Crippen molar-refractivity contribution in [3.05, 3.63) is 53.3 Å². The van der Waals surface area contributed by atoms with Crippen LogP contribution >= 0.6 is 23.4 Å². The lowest BCUT2D eigenvalue weighted by molar-refractivity contribution is -0.113. The van der Waals surface area contributed by atoms with E-state index in [1.807, 2.05) is 11.5 Å². The summed E-state index contributed by atoms with van der Waals surface area (Å²) in [5, 5.41) is 12.4. The second-order valence-corrected chi connectivity index (χ2v) is 8.86. The number of carbonyl (C=O) groups excluding carboxylic acids is 1. The van der Waals surface area contributed by atoms with Gasteiger partial charge in [-0.1, -0.05) is 68.4 Å². The van der Waals surface area contributed by atoms with Gasteiger partial charge in [0.2, 0.25) is 5.91 Å². The Bertz CT molecular complexity index is 995. The Balaban J connectivity index is 1.71. The minimum atomic E-state index is -0.174. The van der Waals surface area contributed by atoms with E-state index in [-0.39, 0.29) is 22.2 Å². The molecule has 1 N–H and O–H groups in total. The molecule has 0 aliphatic carbocycles. The number of hydrogen-bond acceptors (Lipinski definition) is 5. The lowest BCUT2D eigenvalue weighted by Gasteiger charge is -2.19. The van der Waals surface area contributed by atoms with Crippen LogP contribution in [0.5, 0.6) is 0 Å². The SMILES string of the molecule is CCn1c(SCC(=O)Nc2cccnc2Cl)nnc1-c1ccc(C(C)(C)C)cc1. The number of halogens is 1. The molecule has 1 amide bonds. The molecule has 2 aromatic heterocycles. The molecule has 0 saturated carbocycles. The molecule has 0 unspecified atom stereocenters. The first-order chi connectivity index (χ1) is 13.8. The van der Waals surface area contributed by atoms with E-state index in [0.29, 0.717) is 17.4 Å². The molecule has 0 spiro atoms. The van der Waals surface area contributed by atoms with Crippen molar-refractivity contribution < 1.29 is 4.79 Å².